The number of rotatable bonds is 6. The molecule has 0 saturated carbocycles. The highest BCUT2D eigenvalue weighted by Gasteiger charge is 2.37. The van der Waals surface area contributed by atoms with Crippen LogP contribution in [0.4, 0.5) is 0 Å². The van der Waals surface area contributed by atoms with Gasteiger partial charge in [-0.25, -0.2) is 12.7 Å². The molecule has 1 aliphatic rings. The predicted octanol–water partition coefficient (Wildman–Crippen LogP) is 1.66. The molecule has 8 heteroatoms. The average Bonchev–Trinajstić information content (AvgIpc) is 2.52. The maximum atomic E-state index is 11.6. The fourth-order valence-corrected chi connectivity index (χ4v) is 4.74. The van der Waals surface area contributed by atoms with Crippen LogP contribution in [0.3, 0.4) is 0 Å². The van der Waals surface area contributed by atoms with Crippen LogP contribution in [0.15, 0.2) is 24.3 Å². The summed E-state index contributed by atoms with van der Waals surface area (Å²) < 4.78 is 29.6. The van der Waals surface area contributed by atoms with Crippen LogP contribution >= 0.6 is 11.8 Å². The minimum atomic E-state index is -3.34. The van der Waals surface area contributed by atoms with E-state index >= 15 is 0 Å². The zero-order valence-corrected chi connectivity index (χ0v) is 14.8. The van der Waals surface area contributed by atoms with Gasteiger partial charge in [0.05, 0.1) is 19.3 Å². The Morgan fingerprint density at radius 3 is 2.57 bits per heavy atom. The highest BCUT2D eigenvalue weighted by atomic mass is 32.2. The molecule has 23 heavy (non-hydrogen) atoms. The van der Waals surface area contributed by atoms with E-state index in [1.165, 1.54) is 4.31 Å². The smallest absolute Gasteiger partial charge is 0.308 e. The molecule has 0 spiro atoms. The fraction of sp³-hybridized carbons (Fsp3) is 0.533. The van der Waals surface area contributed by atoms with E-state index < -0.39 is 21.9 Å². The van der Waals surface area contributed by atoms with Gasteiger partial charge in [-0.2, -0.15) is 11.8 Å². The number of hydrogen-bond donors (Lipinski definition) is 1. The van der Waals surface area contributed by atoms with Crippen molar-refractivity contribution in [1.29, 1.82) is 0 Å². The third kappa shape index (κ3) is 4.86. The quantitative estimate of drug-likeness (QED) is 0.832. The number of carboxylic acid groups (broad SMARTS) is 1. The van der Waals surface area contributed by atoms with Crippen molar-refractivity contribution < 1.29 is 23.1 Å². The first-order valence-electron chi connectivity index (χ1n) is 7.23. The molecular weight excluding hydrogens is 338 g/mol. The molecule has 6 nitrogen and oxygen atoms in total. The largest absolute Gasteiger partial charge is 0.497 e. The fourth-order valence-electron chi connectivity index (χ4n) is 2.56. The molecule has 1 N–H and O–H groups in total. The molecule has 1 heterocycles. The third-order valence-corrected chi connectivity index (χ3v) is 6.68. The number of piperidine rings is 1. The lowest BCUT2D eigenvalue weighted by Gasteiger charge is -2.34. The molecule has 1 aliphatic heterocycles. The summed E-state index contributed by atoms with van der Waals surface area (Å²) >= 11 is 1.57. The summed E-state index contributed by atoms with van der Waals surface area (Å²) in [6.45, 7) is 0.428. The van der Waals surface area contributed by atoms with Gasteiger partial charge in [0.2, 0.25) is 10.0 Å². The molecule has 0 aliphatic carbocycles. The number of hydrogen-bond acceptors (Lipinski definition) is 5. The summed E-state index contributed by atoms with van der Waals surface area (Å²) in [5, 5.41) is 9.32. The summed E-state index contributed by atoms with van der Waals surface area (Å²) in [5.74, 6) is -0.145. The second kappa shape index (κ2) is 7.55. The van der Waals surface area contributed by atoms with Gasteiger partial charge < -0.3 is 9.84 Å². The maximum absolute atomic E-state index is 11.6. The Kier molecular flexibility index (Phi) is 5.94. The van der Waals surface area contributed by atoms with E-state index in [0.717, 1.165) is 17.6 Å². The Morgan fingerprint density at radius 1 is 1.39 bits per heavy atom. The molecule has 1 fully saturated rings. The molecule has 0 radical (unpaired) electrons. The second-order valence-electron chi connectivity index (χ2n) is 5.55. The lowest BCUT2D eigenvalue weighted by molar-refractivity contribution is -0.142. The first-order chi connectivity index (χ1) is 10.8. The van der Waals surface area contributed by atoms with Gasteiger partial charge in [-0.15, -0.1) is 0 Å². The van der Waals surface area contributed by atoms with Crippen molar-refractivity contribution in [2.75, 3.05) is 26.5 Å². The molecular formula is C15H21NO5S2. The predicted molar refractivity (Wildman–Crippen MR) is 90.2 cm³/mol. The summed E-state index contributed by atoms with van der Waals surface area (Å²) in [6, 6.07) is 7.65. The van der Waals surface area contributed by atoms with Gasteiger partial charge in [-0.1, -0.05) is 12.1 Å². The Labute approximate surface area is 140 Å². The van der Waals surface area contributed by atoms with E-state index in [9.17, 15) is 18.3 Å². The van der Waals surface area contributed by atoms with Crippen LogP contribution in [0.5, 0.6) is 5.75 Å². The van der Waals surface area contributed by atoms with Gasteiger partial charge in [0.1, 0.15) is 5.75 Å². The van der Waals surface area contributed by atoms with Gasteiger partial charge in [0.15, 0.2) is 0 Å². The van der Waals surface area contributed by atoms with E-state index in [4.69, 9.17) is 4.74 Å². The van der Waals surface area contributed by atoms with Crippen molar-refractivity contribution in [2.45, 2.75) is 17.4 Å². The van der Waals surface area contributed by atoms with E-state index in [2.05, 4.69) is 0 Å². The van der Waals surface area contributed by atoms with Gasteiger partial charge in [-0.05, 0) is 24.1 Å². The van der Waals surface area contributed by atoms with E-state index in [1.54, 1.807) is 18.9 Å². The van der Waals surface area contributed by atoms with Crippen molar-refractivity contribution >= 4 is 27.8 Å². The molecule has 2 rings (SSSR count). The van der Waals surface area contributed by atoms with Crippen molar-refractivity contribution in [3.63, 3.8) is 0 Å². The highest BCUT2D eigenvalue weighted by Crippen LogP contribution is 2.32. The minimum Gasteiger partial charge on any atom is -0.497 e. The molecule has 0 bridgehead atoms. The Bertz CT molecular complexity index is 644. The molecule has 1 aromatic carbocycles. The van der Waals surface area contributed by atoms with Crippen molar-refractivity contribution in [3.05, 3.63) is 29.8 Å². The summed E-state index contributed by atoms with van der Waals surface area (Å²) in [6.07, 6.45) is 1.67. The molecule has 128 valence electrons. The lowest BCUT2D eigenvalue weighted by Crippen LogP contribution is -2.47. The SMILES string of the molecule is COc1ccc(CSC2CCN(S(C)(=O)=O)CC2C(=O)O)cc1. The molecule has 2 unspecified atom stereocenters. The van der Waals surface area contributed by atoms with Gasteiger partial charge in [0, 0.05) is 24.1 Å². The normalized spacial score (nSPS) is 22.7. The summed E-state index contributed by atoms with van der Waals surface area (Å²) in [7, 11) is -1.74. The highest BCUT2D eigenvalue weighted by molar-refractivity contribution is 7.99. The molecule has 1 saturated heterocycles. The Hall–Kier alpha value is -1.25. The van der Waals surface area contributed by atoms with Crippen LogP contribution in [0, 0.1) is 5.92 Å². The monoisotopic (exact) mass is 359 g/mol. The van der Waals surface area contributed by atoms with Crippen molar-refractivity contribution in [1.82, 2.24) is 4.31 Å². The lowest BCUT2D eigenvalue weighted by atomic mass is 9.99. The average molecular weight is 359 g/mol. The van der Waals surface area contributed by atoms with Gasteiger partial charge in [-0.3, -0.25) is 4.79 Å². The van der Waals surface area contributed by atoms with Crippen LogP contribution in [-0.2, 0) is 20.6 Å². The minimum absolute atomic E-state index is 0.0500. The zero-order valence-electron chi connectivity index (χ0n) is 13.1. The number of thioether (sulfide) groups is 1. The number of aliphatic carboxylic acids is 1. The first kappa shape index (κ1) is 18.1. The van der Waals surface area contributed by atoms with Crippen LogP contribution in [-0.4, -0.2) is 55.5 Å². The van der Waals surface area contributed by atoms with Crippen molar-refractivity contribution in [3.8, 4) is 5.75 Å². The number of ether oxygens (including phenoxy) is 1. The molecule has 2 atom stereocenters. The number of nitrogens with zero attached hydrogens (tertiary/aromatic N) is 1. The number of benzene rings is 1. The zero-order chi connectivity index (χ0) is 17.0. The van der Waals surface area contributed by atoms with Gasteiger partial charge in [0.25, 0.3) is 0 Å². The summed E-state index contributed by atoms with van der Waals surface area (Å²) in [4.78, 5) is 11.5. The standard InChI is InChI=1S/C15H21NO5S2/c1-21-12-5-3-11(4-6-12)10-22-14-7-8-16(23(2,19)20)9-13(14)15(17)18/h3-6,13-14H,7-10H2,1-2H3,(H,17,18). The maximum Gasteiger partial charge on any atom is 0.308 e. The van der Waals surface area contributed by atoms with Crippen LogP contribution < -0.4 is 4.74 Å². The number of carboxylic acids is 1. The second-order valence-corrected chi connectivity index (χ2v) is 8.76. The Balaban J connectivity index is 1.99. The van der Waals surface area contributed by atoms with Gasteiger partial charge >= 0.3 is 5.97 Å². The van der Waals surface area contributed by atoms with Crippen molar-refractivity contribution in [2.24, 2.45) is 5.92 Å². The van der Waals surface area contributed by atoms with Crippen LogP contribution in [0.1, 0.15) is 12.0 Å². The molecule has 0 amide bonds. The first-order valence-corrected chi connectivity index (χ1v) is 10.1. The van der Waals surface area contributed by atoms with E-state index in [-0.39, 0.29) is 11.8 Å². The number of carbonyl (C=O) groups is 1. The van der Waals surface area contributed by atoms with E-state index in [0.29, 0.717) is 18.7 Å². The van der Waals surface area contributed by atoms with Crippen LogP contribution in [0.2, 0.25) is 0 Å². The molecule has 0 aromatic heterocycles. The number of sulfonamides is 1. The topological polar surface area (TPSA) is 83.9 Å². The Morgan fingerprint density at radius 2 is 2.04 bits per heavy atom. The molecule has 1 aromatic rings. The third-order valence-electron chi connectivity index (χ3n) is 3.92. The number of methoxy groups -OCH3 is 1. The van der Waals surface area contributed by atoms with E-state index in [1.807, 2.05) is 24.3 Å². The summed E-state index contributed by atoms with van der Waals surface area (Å²) in [5.41, 5.74) is 1.09. The van der Waals surface area contributed by atoms with Crippen LogP contribution in [0.25, 0.3) is 0 Å².